The van der Waals surface area contributed by atoms with Crippen LogP contribution in [-0.2, 0) is 0 Å². The standard InChI is InChI=1S/C8H19N.CH4/c1-7(2)5-9-6-8(3)4;/h7-9H,5-6H2,1-4H3;1H4. The average Bonchev–Trinajstić information content (AvgIpc) is 1.63. The van der Waals surface area contributed by atoms with Crippen LogP contribution in [0.2, 0.25) is 0 Å². The van der Waals surface area contributed by atoms with Crippen molar-refractivity contribution in [3.8, 4) is 0 Å². The van der Waals surface area contributed by atoms with Gasteiger partial charge in [0.25, 0.3) is 0 Å². The van der Waals surface area contributed by atoms with Gasteiger partial charge in [0.05, 0.1) is 0 Å². The van der Waals surface area contributed by atoms with Gasteiger partial charge in [0.15, 0.2) is 0 Å². The van der Waals surface area contributed by atoms with Gasteiger partial charge in [0.1, 0.15) is 0 Å². The molecule has 0 spiro atoms. The summed E-state index contributed by atoms with van der Waals surface area (Å²) in [4.78, 5) is 0. The van der Waals surface area contributed by atoms with Crippen LogP contribution in [0.3, 0.4) is 0 Å². The highest BCUT2D eigenvalue weighted by Gasteiger charge is 1.93. The van der Waals surface area contributed by atoms with E-state index in [-0.39, 0.29) is 7.43 Å². The van der Waals surface area contributed by atoms with E-state index in [4.69, 9.17) is 0 Å². The summed E-state index contributed by atoms with van der Waals surface area (Å²) in [5.74, 6) is 1.56. The van der Waals surface area contributed by atoms with Crippen LogP contribution in [-0.4, -0.2) is 13.1 Å². The normalized spacial score (nSPS) is 10.2. The van der Waals surface area contributed by atoms with E-state index in [9.17, 15) is 0 Å². The highest BCUT2D eigenvalue weighted by molar-refractivity contribution is 4.52. The van der Waals surface area contributed by atoms with Gasteiger partial charge in [-0.1, -0.05) is 35.1 Å². The Balaban J connectivity index is 0. The summed E-state index contributed by atoms with van der Waals surface area (Å²) in [6, 6.07) is 0. The van der Waals surface area contributed by atoms with Crippen molar-refractivity contribution in [2.45, 2.75) is 35.1 Å². The third kappa shape index (κ3) is 10.9. The van der Waals surface area contributed by atoms with E-state index < -0.39 is 0 Å². The second-order valence-corrected chi connectivity index (χ2v) is 3.45. The third-order valence-corrected chi connectivity index (χ3v) is 1.11. The molecule has 10 heavy (non-hydrogen) atoms. The van der Waals surface area contributed by atoms with Gasteiger partial charge in [-0.3, -0.25) is 0 Å². The fraction of sp³-hybridized carbons (Fsp3) is 1.00. The molecule has 0 radical (unpaired) electrons. The van der Waals surface area contributed by atoms with Crippen molar-refractivity contribution in [1.82, 2.24) is 5.32 Å². The third-order valence-electron chi connectivity index (χ3n) is 1.11. The van der Waals surface area contributed by atoms with E-state index in [1.165, 1.54) is 0 Å². The highest BCUT2D eigenvalue weighted by atomic mass is 14.9. The molecule has 1 heteroatoms. The Bertz CT molecular complexity index is 49.7. The van der Waals surface area contributed by atoms with E-state index in [0.717, 1.165) is 24.9 Å². The molecule has 0 heterocycles. The molecule has 0 saturated heterocycles. The first-order valence-electron chi connectivity index (χ1n) is 3.83. The lowest BCUT2D eigenvalue weighted by atomic mass is 10.2. The van der Waals surface area contributed by atoms with E-state index in [1.54, 1.807) is 0 Å². The van der Waals surface area contributed by atoms with E-state index >= 15 is 0 Å². The SMILES string of the molecule is C.CC(C)CNCC(C)C. The molecule has 0 aromatic rings. The lowest BCUT2D eigenvalue weighted by Gasteiger charge is -2.08. The van der Waals surface area contributed by atoms with Crippen LogP contribution in [0.4, 0.5) is 0 Å². The van der Waals surface area contributed by atoms with Gasteiger partial charge in [0, 0.05) is 0 Å². The minimum atomic E-state index is 0. The zero-order valence-corrected chi connectivity index (χ0v) is 7.07. The second-order valence-electron chi connectivity index (χ2n) is 3.45. The van der Waals surface area contributed by atoms with Crippen molar-refractivity contribution in [2.24, 2.45) is 11.8 Å². The first kappa shape index (κ1) is 12.6. The second kappa shape index (κ2) is 7.07. The molecular weight excluding hydrogens is 122 g/mol. The van der Waals surface area contributed by atoms with Crippen LogP contribution >= 0.6 is 0 Å². The van der Waals surface area contributed by atoms with Crippen LogP contribution in [0.25, 0.3) is 0 Å². The van der Waals surface area contributed by atoms with Gasteiger partial charge >= 0.3 is 0 Å². The summed E-state index contributed by atoms with van der Waals surface area (Å²) < 4.78 is 0. The minimum absolute atomic E-state index is 0. The van der Waals surface area contributed by atoms with Crippen molar-refractivity contribution in [1.29, 1.82) is 0 Å². The molecule has 0 aromatic heterocycles. The monoisotopic (exact) mass is 145 g/mol. The number of rotatable bonds is 4. The summed E-state index contributed by atoms with van der Waals surface area (Å²) >= 11 is 0. The van der Waals surface area contributed by atoms with Crippen molar-refractivity contribution >= 4 is 0 Å². The van der Waals surface area contributed by atoms with Gasteiger partial charge in [-0.15, -0.1) is 0 Å². The Hall–Kier alpha value is -0.0400. The highest BCUT2D eigenvalue weighted by Crippen LogP contribution is 1.90. The molecular formula is C9H23N. The molecule has 0 atom stereocenters. The fourth-order valence-electron chi connectivity index (χ4n) is 0.661. The van der Waals surface area contributed by atoms with Crippen molar-refractivity contribution < 1.29 is 0 Å². The molecule has 0 saturated carbocycles. The summed E-state index contributed by atoms with van der Waals surface area (Å²) in [5, 5.41) is 3.38. The molecule has 0 rings (SSSR count). The summed E-state index contributed by atoms with van der Waals surface area (Å²) in [6.07, 6.45) is 0. The minimum Gasteiger partial charge on any atom is -0.316 e. The summed E-state index contributed by atoms with van der Waals surface area (Å²) in [6.45, 7) is 11.2. The van der Waals surface area contributed by atoms with E-state index in [2.05, 4.69) is 33.0 Å². The van der Waals surface area contributed by atoms with Crippen LogP contribution in [0, 0.1) is 11.8 Å². The quantitative estimate of drug-likeness (QED) is 0.641. The Kier molecular flexibility index (Phi) is 8.92. The maximum Gasteiger partial charge on any atom is -0.00257 e. The van der Waals surface area contributed by atoms with Gasteiger partial charge in [-0.25, -0.2) is 0 Å². The zero-order valence-electron chi connectivity index (χ0n) is 7.07. The first-order chi connectivity index (χ1) is 4.13. The Labute approximate surface area is 66.2 Å². The Morgan fingerprint density at radius 3 is 1.40 bits per heavy atom. The molecule has 0 unspecified atom stereocenters. The lowest BCUT2D eigenvalue weighted by Crippen LogP contribution is -2.23. The Morgan fingerprint density at radius 1 is 0.900 bits per heavy atom. The molecule has 0 aliphatic heterocycles. The number of nitrogens with one attached hydrogen (secondary N) is 1. The van der Waals surface area contributed by atoms with Gasteiger partial charge in [0.2, 0.25) is 0 Å². The fourth-order valence-corrected chi connectivity index (χ4v) is 0.661. The molecule has 0 aliphatic carbocycles. The zero-order chi connectivity index (χ0) is 7.28. The van der Waals surface area contributed by atoms with Crippen LogP contribution in [0.15, 0.2) is 0 Å². The molecule has 0 aromatic carbocycles. The van der Waals surface area contributed by atoms with Crippen molar-refractivity contribution in [3.05, 3.63) is 0 Å². The predicted octanol–water partition coefficient (Wildman–Crippen LogP) is 2.52. The van der Waals surface area contributed by atoms with Gasteiger partial charge in [-0.05, 0) is 24.9 Å². The van der Waals surface area contributed by atoms with Crippen LogP contribution in [0.1, 0.15) is 35.1 Å². The number of hydrogen-bond acceptors (Lipinski definition) is 1. The number of hydrogen-bond donors (Lipinski definition) is 1. The Morgan fingerprint density at radius 2 is 1.20 bits per heavy atom. The molecule has 64 valence electrons. The molecule has 0 amide bonds. The topological polar surface area (TPSA) is 12.0 Å². The van der Waals surface area contributed by atoms with Crippen molar-refractivity contribution in [3.63, 3.8) is 0 Å². The summed E-state index contributed by atoms with van der Waals surface area (Å²) in [5.41, 5.74) is 0. The first-order valence-corrected chi connectivity index (χ1v) is 3.83. The van der Waals surface area contributed by atoms with Gasteiger partial charge < -0.3 is 5.32 Å². The van der Waals surface area contributed by atoms with Gasteiger partial charge in [-0.2, -0.15) is 0 Å². The smallest absolute Gasteiger partial charge is 0.00257 e. The molecule has 1 N–H and O–H groups in total. The van der Waals surface area contributed by atoms with E-state index in [0.29, 0.717) is 0 Å². The lowest BCUT2D eigenvalue weighted by molar-refractivity contribution is 0.497. The molecule has 1 nitrogen and oxygen atoms in total. The van der Waals surface area contributed by atoms with E-state index in [1.807, 2.05) is 0 Å². The predicted molar refractivity (Wildman–Crippen MR) is 49.3 cm³/mol. The maximum absolute atomic E-state index is 3.38. The van der Waals surface area contributed by atoms with Crippen molar-refractivity contribution in [2.75, 3.05) is 13.1 Å². The summed E-state index contributed by atoms with van der Waals surface area (Å²) in [7, 11) is 0. The average molecular weight is 145 g/mol. The molecule has 0 fully saturated rings. The van der Waals surface area contributed by atoms with Crippen LogP contribution in [0.5, 0.6) is 0 Å². The molecule has 0 aliphatic rings. The largest absolute Gasteiger partial charge is 0.316 e. The molecule has 0 bridgehead atoms. The maximum atomic E-state index is 3.38. The van der Waals surface area contributed by atoms with Crippen LogP contribution < -0.4 is 5.32 Å².